The summed E-state index contributed by atoms with van der Waals surface area (Å²) in [5.41, 5.74) is 1.25. The third kappa shape index (κ3) is 2.33. The van der Waals surface area contributed by atoms with Crippen LogP contribution in [-0.4, -0.2) is 17.7 Å². The van der Waals surface area contributed by atoms with E-state index in [-0.39, 0.29) is 12.2 Å². The second kappa shape index (κ2) is 3.30. The van der Waals surface area contributed by atoms with Crippen molar-refractivity contribution in [3.8, 4) is 5.75 Å². The minimum atomic E-state index is -4.68. The molecule has 15 heavy (non-hydrogen) atoms. The van der Waals surface area contributed by atoms with Crippen LogP contribution in [0.15, 0.2) is 18.2 Å². The van der Waals surface area contributed by atoms with E-state index in [1.54, 1.807) is 0 Å². The van der Waals surface area contributed by atoms with E-state index in [4.69, 9.17) is 0 Å². The molecule has 0 fully saturated rings. The van der Waals surface area contributed by atoms with Gasteiger partial charge in [0.1, 0.15) is 12.0 Å². The highest BCUT2D eigenvalue weighted by Gasteiger charge is 2.31. The molecular formula is C9H8F3NO2. The van der Waals surface area contributed by atoms with Crippen LogP contribution in [0.3, 0.4) is 0 Å². The van der Waals surface area contributed by atoms with Crippen LogP contribution in [0.4, 0.5) is 18.9 Å². The molecule has 82 valence electrons. The summed E-state index contributed by atoms with van der Waals surface area (Å²) in [6.07, 6.45) is -5.13. The van der Waals surface area contributed by atoms with Gasteiger partial charge in [0.25, 0.3) is 0 Å². The van der Waals surface area contributed by atoms with Gasteiger partial charge in [-0.05, 0) is 23.8 Å². The Labute approximate surface area is 83.5 Å². The van der Waals surface area contributed by atoms with E-state index in [1.807, 2.05) is 0 Å². The first kappa shape index (κ1) is 10.1. The second-order valence-corrected chi connectivity index (χ2v) is 3.23. The number of hydrogen-bond acceptors (Lipinski definition) is 3. The van der Waals surface area contributed by atoms with Gasteiger partial charge in [-0.15, -0.1) is 13.2 Å². The third-order valence-corrected chi connectivity index (χ3v) is 2.05. The van der Waals surface area contributed by atoms with Gasteiger partial charge in [0.05, 0.1) is 0 Å². The van der Waals surface area contributed by atoms with E-state index in [0.717, 1.165) is 0 Å². The number of hydrogen-bond donors (Lipinski definition) is 2. The van der Waals surface area contributed by atoms with E-state index in [9.17, 15) is 18.3 Å². The zero-order valence-electron chi connectivity index (χ0n) is 7.51. The second-order valence-electron chi connectivity index (χ2n) is 3.23. The lowest BCUT2D eigenvalue weighted by Gasteiger charge is -2.09. The maximum absolute atomic E-state index is 11.9. The van der Waals surface area contributed by atoms with Crippen LogP contribution in [-0.2, 0) is 6.42 Å². The van der Waals surface area contributed by atoms with E-state index in [0.29, 0.717) is 11.3 Å². The summed E-state index contributed by atoms with van der Waals surface area (Å²) in [7, 11) is 0. The van der Waals surface area contributed by atoms with E-state index in [2.05, 4.69) is 10.1 Å². The van der Waals surface area contributed by atoms with Crippen LogP contribution in [0, 0.1) is 0 Å². The maximum Gasteiger partial charge on any atom is 0.573 e. The van der Waals surface area contributed by atoms with E-state index >= 15 is 0 Å². The summed E-state index contributed by atoms with van der Waals surface area (Å²) in [5, 5.41) is 11.9. The van der Waals surface area contributed by atoms with Crippen LogP contribution >= 0.6 is 0 Å². The molecule has 1 heterocycles. The van der Waals surface area contributed by atoms with Crippen molar-refractivity contribution in [2.75, 3.05) is 5.32 Å². The van der Waals surface area contributed by atoms with Gasteiger partial charge < -0.3 is 15.2 Å². The van der Waals surface area contributed by atoms with Crippen LogP contribution in [0.25, 0.3) is 0 Å². The number of alkyl halides is 3. The SMILES string of the molecule is OC1Cc2cc(OC(F)(F)F)ccc2N1. The number of halogens is 3. The molecule has 0 aliphatic carbocycles. The molecule has 1 aromatic carbocycles. The Balaban J connectivity index is 2.20. The standard InChI is InChI=1S/C9H8F3NO2/c10-9(11,12)15-6-1-2-7-5(3-6)4-8(14)13-7/h1-3,8,13-14H,4H2. The third-order valence-electron chi connectivity index (χ3n) is 2.05. The highest BCUT2D eigenvalue weighted by Crippen LogP contribution is 2.31. The first-order valence-corrected chi connectivity index (χ1v) is 4.27. The van der Waals surface area contributed by atoms with Crippen molar-refractivity contribution in [3.05, 3.63) is 23.8 Å². The smallest absolute Gasteiger partial charge is 0.406 e. The van der Waals surface area contributed by atoms with Gasteiger partial charge in [-0.25, -0.2) is 0 Å². The Morgan fingerprint density at radius 3 is 2.80 bits per heavy atom. The molecule has 1 aromatic rings. The fourth-order valence-corrected chi connectivity index (χ4v) is 1.52. The molecule has 0 bridgehead atoms. The zero-order valence-corrected chi connectivity index (χ0v) is 7.51. The number of aliphatic hydroxyl groups is 1. The molecule has 0 saturated heterocycles. The van der Waals surface area contributed by atoms with Gasteiger partial charge in [0.2, 0.25) is 0 Å². The average Bonchev–Trinajstić information content (AvgIpc) is 2.40. The molecule has 3 nitrogen and oxygen atoms in total. The van der Waals surface area contributed by atoms with Crippen molar-refractivity contribution in [2.24, 2.45) is 0 Å². The Morgan fingerprint density at radius 2 is 2.13 bits per heavy atom. The van der Waals surface area contributed by atoms with Crippen LogP contribution < -0.4 is 10.1 Å². The Bertz CT molecular complexity index is 378. The van der Waals surface area contributed by atoms with Crippen molar-refractivity contribution in [3.63, 3.8) is 0 Å². The molecule has 2 rings (SSSR count). The van der Waals surface area contributed by atoms with E-state index in [1.165, 1.54) is 18.2 Å². The minimum absolute atomic E-state index is 0.267. The molecule has 0 saturated carbocycles. The molecule has 1 atom stereocenters. The number of ether oxygens (including phenoxy) is 1. The molecule has 0 radical (unpaired) electrons. The summed E-state index contributed by atoms with van der Waals surface area (Å²) < 4.78 is 39.4. The van der Waals surface area contributed by atoms with Gasteiger partial charge in [-0.3, -0.25) is 0 Å². The largest absolute Gasteiger partial charge is 0.573 e. The first-order valence-electron chi connectivity index (χ1n) is 4.27. The highest BCUT2D eigenvalue weighted by atomic mass is 19.4. The number of rotatable bonds is 1. The summed E-state index contributed by atoms with van der Waals surface area (Å²) in [6.45, 7) is 0. The average molecular weight is 219 g/mol. The lowest BCUT2D eigenvalue weighted by molar-refractivity contribution is -0.274. The quantitative estimate of drug-likeness (QED) is 0.757. The Kier molecular flexibility index (Phi) is 2.22. The van der Waals surface area contributed by atoms with Gasteiger partial charge in [0, 0.05) is 12.1 Å². The number of aliphatic hydroxyl groups excluding tert-OH is 1. The number of fused-ring (bicyclic) bond motifs is 1. The molecule has 0 amide bonds. The molecule has 2 N–H and O–H groups in total. The Hall–Kier alpha value is -1.43. The highest BCUT2D eigenvalue weighted by molar-refractivity contribution is 5.58. The zero-order chi connectivity index (χ0) is 11.1. The van der Waals surface area contributed by atoms with Crippen LogP contribution in [0.5, 0.6) is 5.75 Å². The van der Waals surface area contributed by atoms with Gasteiger partial charge >= 0.3 is 6.36 Å². The summed E-state index contributed by atoms with van der Waals surface area (Å²) >= 11 is 0. The predicted molar refractivity (Wildman–Crippen MR) is 46.5 cm³/mol. The van der Waals surface area contributed by atoms with Crippen molar-refractivity contribution < 1.29 is 23.0 Å². The fourth-order valence-electron chi connectivity index (χ4n) is 1.52. The van der Waals surface area contributed by atoms with Crippen molar-refractivity contribution in [1.82, 2.24) is 0 Å². The fraction of sp³-hybridized carbons (Fsp3) is 0.333. The van der Waals surface area contributed by atoms with Crippen molar-refractivity contribution in [2.45, 2.75) is 19.0 Å². The number of benzene rings is 1. The number of anilines is 1. The molecule has 6 heteroatoms. The van der Waals surface area contributed by atoms with Crippen LogP contribution in [0.2, 0.25) is 0 Å². The first-order chi connectivity index (χ1) is 6.94. The van der Waals surface area contributed by atoms with Crippen molar-refractivity contribution in [1.29, 1.82) is 0 Å². The topological polar surface area (TPSA) is 41.5 Å². The Morgan fingerprint density at radius 1 is 1.40 bits per heavy atom. The molecular weight excluding hydrogens is 211 g/mol. The molecule has 0 aromatic heterocycles. The monoisotopic (exact) mass is 219 g/mol. The summed E-state index contributed by atoms with van der Waals surface area (Å²) in [4.78, 5) is 0. The molecule has 1 aliphatic rings. The lowest BCUT2D eigenvalue weighted by Crippen LogP contribution is -2.17. The summed E-state index contributed by atoms with van der Waals surface area (Å²) in [5.74, 6) is -0.267. The van der Waals surface area contributed by atoms with Gasteiger partial charge in [-0.2, -0.15) is 0 Å². The van der Waals surface area contributed by atoms with Crippen molar-refractivity contribution >= 4 is 5.69 Å². The van der Waals surface area contributed by atoms with Gasteiger partial charge in [-0.1, -0.05) is 0 Å². The maximum atomic E-state index is 11.9. The molecule has 1 unspecified atom stereocenters. The molecule has 1 aliphatic heterocycles. The van der Waals surface area contributed by atoms with Gasteiger partial charge in [0.15, 0.2) is 0 Å². The normalized spacial score (nSPS) is 19.6. The summed E-state index contributed by atoms with van der Waals surface area (Å²) in [6, 6.07) is 3.93. The molecule has 0 spiro atoms. The predicted octanol–water partition coefficient (Wildman–Crippen LogP) is 1.87. The van der Waals surface area contributed by atoms with E-state index < -0.39 is 12.6 Å². The number of nitrogens with one attached hydrogen (secondary N) is 1. The lowest BCUT2D eigenvalue weighted by atomic mass is 10.1. The van der Waals surface area contributed by atoms with Crippen LogP contribution in [0.1, 0.15) is 5.56 Å². The minimum Gasteiger partial charge on any atom is -0.406 e.